The van der Waals surface area contributed by atoms with Crippen molar-refractivity contribution < 1.29 is 4.79 Å². The SMILES string of the molecule is Cc1cc(CCC(=O)NCc2ccnn2C)nc([C@H]2CCCNC2)n1. The van der Waals surface area contributed by atoms with Crippen LogP contribution < -0.4 is 10.6 Å². The number of rotatable bonds is 6. The predicted molar refractivity (Wildman–Crippen MR) is 95.0 cm³/mol. The van der Waals surface area contributed by atoms with Gasteiger partial charge in [-0.2, -0.15) is 5.10 Å². The van der Waals surface area contributed by atoms with E-state index in [2.05, 4.69) is 20.7 Å². The molecule has 1 aliphatic rings. The Morgan fingerprint density at radius 3 is 3.04 bits per heavy atom. The molecule has 0 unspecified atom stereocenters. The van der Waals surface area contributed by atoms with Crippen molar-refractivity contribution in [3.63, 3.8) is 0 Å². The first kappa shape index (κ1) is 17.5. The smallest absolute Gasteiger partial charge is 0.220 e. The van der Waals surface area contributed by atoms with Crippen LogP contribution in [-0.2, 0) is 24.8 Å². The molecule has 134 valence electrons. The lowest BCUT2D eigenvalue weighted by atomic mass is 9.98. The number of aryl methyl sites for hydroxylation is 3. The number of hydrogen-bond acceptors (Lipinski definition) is 5. The zero-order valence-corrected chi connectivity index (χ0v) is 15.0. The molecule has 7 heteroatoms. The summed E-state index contributed by atoms with van der Waals surface area (Å²) in [5, 5.41) is 10.4. The van der Waals surface area contributed by atoms with Gasteiger partial charge >= 0.3 is 0 Å². The first-order chi connectivity index (χ1) is 12.1. The van der Waals surface area contributed by atoms with E-state index < -0.39 is 0 Å². The quantitative estimate of drug-likeness (QED) is 0.825. The Morgan fingerprint density at radius 1 is 1.44 bits per heavy atom. The number of amides is 1. The van der Waals surface area contributed by atoms with Gasteiger partial charge in [-0.25, -0.2) is 9.97 Å². The summed E-state index contributed by atoms with van der Waals surface area (Å²) in [7, 11) is 1.87. The Hall–Kier alpha value is -2.28. The van der Waals surface area contributed by atoms with Crippen molar-refractivity contribution in [2.24, 2.45) is 7.05 Å². The highest BCUT2D eigenvalue weighted by atomic mass is 16.1. The van der Waals surface area contributed by atoms with Gasteiger partial charge in [0.05, 0.1) is 12.2 Å². The van der Waals surface area contributed by atoms with Gasteiger partial charge < -0.3 is 10.6 Å². The summed E-state index contributed by atoms with van der Waals surface area (Å²) in [6.45, 7) is 4.50. The van der Waals surface area contributed by atoms with Crippen molar-refractivity contribution >= 4 is 5.91 Å². The lowest BCUT2D eigenvalue weighted by molar-refractivity contribution is -0.121. The first-order valence-corrected chi connectivity index (χ1v) is 8.90. The van der Waals surface area contributed by atoms with Gasteiger partial charge in [0.25, 0.3) is 0 Å². The van der Waals surface area contributed by atoms with Crippen LogP contribution in [0.25, 0.3) is 0 Å². The van der Waals surface area contributed by atoms with Crippen molar-refractivity contribution in [2.45, 2.75) is 45.1 Å². The molecule has 7 nitrogen and oxygen atoms in total. The molecule has 2 aromatic heterocycles. The number of aromatic nitrogens is 4. The summed E-state index contributed by atoms with van der Waals surface area (Å²) in [5.74, 6) is 1.32. The molecule has 0 spiro atoms. The minimum Gasteiger partial charge on any atom is -0.350 e. The summed E-state index contributed by atoms with van der Waals surface area (Å²) in [6.07, 6.45) is 5.08. The number of nitrogens with zero attached hydrogens (tertiary/aromatic N) is 4. The average molecular weight is 342 g/mol. The van der Waals surface area contributed by atoms with E-state index in [4.69, 9.17) is 4.98 Å². The largest absolute Gasteiger partial charge is 0.350 e. The topological polar surface area (TPSA) is 84.7 Å². The van der Waals surface area contributed by atoms with E-state index in [0.717, 1.165) is 48.8 Å². The van der Waals surface area contributed by atoms with Crippen LogP contribution in [0.1, 0.15) is 48.1 Å². The van der Waals surface area contributed by atoms with Gasteiger partial charge in [-0.05, 0) is 44.9 Å². The molecule has 0 bridgehead atoms. The summed E-state index contributed by atoms with van der Waals surface area (Å²) < 4.78 is 1.76. The Bertz CT molecular complexity index is 720. The molecule has 0 aromatic carbocycles. The Balaban J connectivity index is 1.54. The number of carbonyl (C=O) groups is 1. The molecular formula is C18H26N6O. The predicted octanol–water partition coefficient (Wildman–Crippen LogP) is 1.23. The molecule has 1 amide bonds. The fourth-order valence-electron chi connectivity index (χ4n) is 3.14. The lowest BCUT2D eigenvalue weighted by Crippen LogP contribution is -2.29. The molecule has 2 N–H and O–H groups in total. The monoisotopic (exact) mass is 342 g/mol. The Morgan fingerprint density at radius 2 is 2.32 bits per heavy atom. The third-order valence-electron chi connectivity index (χ3n) is 4.58. The highest BCUT2D eigenvalue weighted by Crippen LogP contribution is 2.20. The fraction of sp³-hybridized carbons (Fsp3) is 0.556. The normalized spacial score (nSPS) is 17.4. The maximum Gasteiger partial charge on any atom is 0.220 e. The van der Waals surface area contributed by atoms with E-state index in [1.807, 2.05) is 26.1 Å². The number of piperidine rings is 1. The second-order valence-electron chi connectivity index (χ2n) is 6.63. The van der Waals surface area contributed by atoms with Crippen molar-refractivity contribution in [1.82, 2.24) is 30.4 Å². The van der Waals surface area contributed by atoms with Crippen molar-refractivity contribution in [1.29, 1.82) is 0 Å². The first-order valence-electron chi connectivity index (χ1n) is 8.90. The molecule has 3 heterocycles. The third kappa shape index (κ3) is 4.85. The van der Waals surface area contributed by atoms with Crippen LogP contribution in [0.2, 0.25) is 0 Å². The molecule has 1 fully saturated rings. The number of nitrogens with one attached hydrogen (secondary N) is 2. The highest BCUT2D eigenvalue weighted by Gasteiger charge is 2.18. The maximum absolute atomic E-state index is 12.1. The van der Waals surface area contributed by atoms with Crippen LogP contribution in [0, 0.1) is 6.92 Å². The van der Waals surface area contributed by atoms with Gasteiger partial charge in [0.1, 0.15) is 5.82 Å². The molecule has 1 atom stereocenters. The average Bonchev–Trinajstić information content (AvgIpc) is 3.03. The van der Waals surface area contributed by atoms with Gasteiger partial charge in [0.15, 0.2) is 0 Å². The van der Waals surface area contributed by atoms with E-state index >= 15 is 0 Å². The molecule has 1 aliphatic heterocycles. The van der Waals surface area contributed by atoms with E-state index in [0.29, 0.717) is 25.3 Å². The van der Waals surface area contributed by atoms with Gasteiger partial charge in [-0.1, -0.05) is 0 Å². The second kappa shape index (κ2) is 8.20. The summed E-state index contributed by atoms with van der Waals surface area (Å²) in [6, 6.07) is 3.88. The van der Waals surface area contributed by atoms with Crippen LogP contribution in [0.4, 0.5) is 0 Å². The molecule has 1 saturated heterocycles. The highest BCUT2D eigenvalue weighted by molar-refractivity contribution is 5.76. The maximum atomic E-state index is 12.1. The number of carbonyl (C=O) groups excluding carboxylic acids is 1. The van der Waals surface area contributed by atoms with Gasteiger partial charge in [0.2, 0.25) is 5.91 Å². The van der Waals surface area contributed by atoms with Crippen LogP contribution in [0.5, 0.6) is 0 Å². The zero-order chi connectivity index (χ0) is 17.6. The summed E-state index contributed by atoms with van der Waals surface area (Å²) in [5.41, 5.74) is 2.91. The van der Waals surface area contributed by atoms with Crippen molar-refractivity contribution in [2.75, 3.05) is 13.1 Å². The Labute approximate surface area is 148 Å². The molecule has 0 radical (unpaired) electrons. The minimum atomic E-state index is 0.0262. The van der Waals surface area contributed by atoms with E-state index in [1.165, 1.54) is 0 Å². The summed E-state index contributed by atoms with van der Waals surface area (Å²) in [4.78, 5) is 21.4. The van der Waals surface area contributed by atoms with Crippen LogP contribution in [0.15, 0.2) is 18.3 Å². The van der Waals surface area contributed by atoms with Gasteiger partial charge in [0, 0.05) is 43.5 Å². The summed E-state index contributed by atoms with van der Waals surface area (Å²) >= 11 is 0. The van der Waals surface area contributed by atoms with Gasteiger partial charge in [-0.15, -0.1) is 0 Å². The van der Waals surface area contributed by atoms with E-state index in [9.17, 15) is 4.79 Å². The lowest BCUT2D eigenvalue weighted by Gasteiger charge is -2.22. The molecular weight excluding hydrogens is 316 g/mol. The van der Waals surface area contributed by atoms with Crippen LogP contribution in [0.3, 0.4) is 0 Å². The number of hydrogen-bond donors (Lipinski definition) is 2. The molecule has 0 aliphatic carbocycles. The third-order valence-corrected chi connectivity index (χ3v) is 4.58. The van der Waals surface area contributed by atoms with Gasteiger partial charge in [-0.3, -0.25) is 9.48 Å². The second-order valence-corrected chi connectivity index (χ2v) is 6.63. The Kier molecular flexibility index (Phi) is 5.75. The standard InChI is InChI=1S/C18H26N6O/c1-13-10-15(23-18(22-13)14-4-3-8-19-11-14)5-6-17(25)20-12-16-7-9-21-24(16)2/h7,9-10,14,19H,3-6,8,11-12H2,1-2H3,(H,20,25)/t14-/m0/s1. The molecule has 3 rings (SSSR count). The van der Waals surface area contributed by atoms with Crippen molar-refractivity contribution in [3.05, 3.63) is 41.2 Å². The van der Waals surface area contributed by atoms with E-state index in [-0.39, 0.29) is 5.91 Å². The van der Waals surface area contributed by atoms with Crippen LogP contribution in [-0.4, -0.2) is 38.7 Å². The molecule has 25 heavy (non-hydrogen) atoms. The minimum absolute atomic E-state index is 0.0262. The van der Waals surface area contributed by atoms with Crippen molar-refractivity contribution in [3.8, 4) is 0 Å². The van der Waals surface area contributed by atoms with E-state index in [1.54, 1.807) is 10.9 Å². The molecule has 2 aromatic rings. The molecule has 0 saturated carbocycles. The fourth-order valence-corrected chi connectivity index (χ4v) is 3.14. The zero-order valence-electron chi connectivity index (χ0n) is 15.0. The van der Waals surface area contributed by atoms with Crippen LogP contribution >= 0.6 is 0 Å².